The van der Waals surface area contributed by atoms with Gasteiger partial charge in [0.05, 0.1) is 12.4 Å². The summed E-state index contributed by atoms with van der Waals surface area (Å²) >= 11 is 1.68. The number of para-hydroxylation sites is 1. The van der Waals surface area contributed by atoms with E-state index in [1.165, 1.54) is 0 Å². The summed E-state index contributed by atoms with van der Waals surface area (Å²) in [7, 11) is 4.09. The Balaban J connectivity index is 1.36. The first kappa shape index (κ1) is 24.6. The van der Waals surface area contributed by atoms with Crippen LogP contribution in [0.1, 0.15) is 18.7 Å². The molecule has 3 rings (SSSR count). The van der Waals surface area contributed by atoms with Crippen molar-refractivity contribution in [3.05, 3.63) is 60.5 Å². The number of benzene rings is 2. The van der Waals surface area contributed by atoms with Gasteiger partial charge in [-0.05, 0) is 69.9 Å². The van der Waals surface area contributed by atoms with E-state index in [0.29, 0.717) is 36.4 Å². The molecule has 0 saturated heterocycles. The van der Waals surface area contributed by atoms with Gasteiger partial charge in [0.1, 0.15) is 5.75 Å². The van der Waals surface area contributed by atoms with Gasteiger partial charge in [0.25, 0.3) is 0 Å². The summed E-state index contributed by atoms with van der Waals surface area (Å²) < 4.78 is 11.4. The molecule has 0 unspecified atom stereocenters. The Labute approximate surface area is 199 Å². The number of urea groups is 1. The van der Waals surface area contributed by atoms with Crippen LogP contribution in [-0.2, 0) is 5.75 Å². The first-order valence-electron chi connectivity index (χ1n) is 11.0. The number of carbonyl (C=O) groups is 1. The van der Waals surface area contributed by atoms with E-state index in [4.69, 9.17) is 9.15 Å². The number of anilines is 1. The van der Waals surface area contributed by atoms with Crippen LogP contribution in [0.15, 0.2) is 59.0 Å². The van der Waals surface area contributed by atoms with E-state index >= 15 is 0 Å². The first-order chi connectivity index (χ1) is 16.1. The Morgan fingerprint density at radius 3 is 2.61 bits per heavy atom. The van der Waals surface area contributed by atoms with Crippen LogP contribution in [0.2, 0.25) is 0 Å². The third-order valence-electron chi connectivity index (χ3n) is 4.64. The van der Waals surface area contributed by atoms with Crippen LogP contribution in [0, 0.1) is 0 Å². The molecule has 0 bridgehead atoms. The van der Waals surface area contributed by atoms with Gasteiger partial charge >= 0.3 is 6.03 Å². The molecule has 176 valence electrons. The quantitative estimate of drug-likeness (QED) is 0.356. The Kier molecular flexibility index (Phi) is 10.1. The molecule has 0 aliphatic carbocycles. The molecular formula is C24H31N5O3S. The van der Waals surface area contributed by atoms with Crippen molar-refractivity contribution in [3.63, 3.8) is 0 Å². The Morgan fingerprint density at radius 1 is 1.06 bits per heavy atom. The van der Waals surface area contributed by atoms with Gasteiger partial charge in [0, 0.05) is 23.5 Å². The van der Waals surface area contributed by atoms with Gasteiger partial charge in [-0.1, -0.05) is 18.2 Å². The highest BCUT2D eigenvalue weighted by Gasteiger charge is 2.09. The van der Waals surface area contributed by atoms with Gasteiger partial charge in [-0.25, -0.2) is 4.79 Å². The summed E-state index contributed by atoms with van der Waals surface area (Å²) in [6, 6.07) is 16.9. The van der Waals surface area contributed by atoms with Crippen LogP contribution in [0.25, 0.3) is 11.5 Å². The van der Waals surface area contributed by atoms with Crippen LogP contribution < -0.4 is 15.4 Å². The third kappa shape index (κ3) is 9.15. The van der Waals surface area contributed by atoms with Gasteiger partial charge in [-0.15, -0.1) is 22.0 Å². The molecule has 1 aromatic heterocycles. The fraction of sp³-hybridized carbons (Fsp3) is 0.375. The topological polar surface area (TPSA) is 92.5 Å². The molecule has 0 spiro atoms. The fourth-order valence-electron chi connectivity index (χ4n) is 2.95. The van der Waals surface area contributed by atoms with E-state index in [1.807, 2.05) is 68.7 Å². The SMILES string of the molecule is CN(C)CCCCNC(=O)Nc1ccc(-c2nnc(CSCCOc3ccccc3)o2)cc1. The second-order valence-electron chi connectivity index (χ2n) is 7.68. The molecule has 2 N–H and O–H groups in total. The molecule has 0 atom stereocenters. The summed E-state index contributed by atoms with van der Waals surface area (Å²) in [5, 5.41) is 14.0. The van der Waals surface area contributed by atoms with Crippen molar-refractivity contribution in [3.8, 4) is 17.2 Å². The number of unbranched alkanes of at least 4 members (excludes halogenated alkanes) is 1. The first-order valence-corrected chi connectivity index (χ1v) is 12.1. The predicted molar refractivity (Wildman–Crippen MR) is 133 cm³/mol. The zero-order valence-corrected chi connectivity index (χ0v) is 19.9. The number of rotatable bonds is 13. The maximum Gasteiger partial charge on any atom is 0.319 e. The summed E-state index contributed by atoms with van der Waals surface area (Å²) in [4.78, 5) is 14.1. The second-order valence-corrected chi connectivity index (χ2v) is 8.79. The lowest BCUT2D eigenvalue weighted by atomic mass is 10.2. The minimum absolute atomic E-state index is 0.207. The van der Waals surface area contributed by atoms with Crippen molar-refractivity contribution in [2.24, 2.45) is 0 Å². The van der Waals surface area contributed by atoms with E-state index in [2.05, 4.69) is 25.7 Å². The number of aromatic nitrogens is 2. The lowest BCUT2D eigenvalue weighted by molar-refractivity contribution is 0.251. The highest BCUT2D eigenvalue weighted by Crippen LogP contribution is 2.22. The summed E-state index contributed by atoms with van der Waals surface area (Å²) in [6.45, 7) is 2.29. The number of carbonyl (C=O) groups excluding carboxylic acids is 1. The van der Waals surface area contributed by atoms with E-state index in [-0.39, 0.29) is 6.03 Å². The number of hydrogen-bond acceptors (Lipinski definition) is 7. The van der Waals surface area contributed by atoms with Crippen molar-refractivity contribution in [2.45, 2.75) is 18.6 Å². The third-order valence-corrected chi connectivity index (χ3v) is 5.55. The van der Waals surface area contributed by atoms with E-state index in [1.54, 1.807) is 11.8 Å². The van der Waals surface area contributed by atoms with Gasteiger partial charge in [-0.2, -0.15) is 0 Å². The van der Waals surface area contributed by atoms with Crippen molar-refractivity contribution in [1.82, 2.24) is 20.4 Å². The minimum atomic E-state index is -0.207. The predicted octanol–water partition coefficient (Wildman–Crippen LogP) is 4.51. The molecule has 9 heteroatoms. The van der Waals surface area contributed by atoms with Crippen LogP contribution in [0.5, 0.6) is 5.75 Å². The summed E-state index contributed by atoms with van der Waals surface area (Å²) in [5.41, 5.74) is 1.51. The van der Waals surface area contributed by atoms with E-state index in [0.717, 1.165) is 36.5 Å². The second kappa shape index (κ2) is 13.5. The number of nitrogens with zero attached hydrogens (tertiary/aromatic N) is 3. The van der Waals surface area contributed by atoms with Gasteiger partial charge < -0.3 is 24.7 Å². The number of nitrogens with one attached hydrogen (secondary N) is 2. The van der Waals surface area contributed by atoms with Crippen LogP contribution in [0.3, 0.4) is 0 Å². The Bertz CT molecular complexity index is 964. The maximum atomic E-state index is 12.0. The lowest BCUT2D eigenvalue weighted by Gasteiger charge is -2.10. The number of amides is 2. The Morgan fingerprint density at radius 2 is 1.85 bits per heavy atom. The van der Waals surface area contributed by atoms with Gasteiger partial charge in [0.2, 0.25) is 11.8 Å². The van der Waals surface area contributed by atoms with Crippen molar-refractivity contribution >= 4 is 23.5 Å². The molecule has 0 aliphatic heterocycles. The average Bonchev–Trinajstić information content (AvgIpc) is 3.28. The number of thioether (sulfide) groups is 1. The summed E-state index contributed by atoms with van der Waals surface area (Å²) in [5.74, 6) is 3.35. The fourth-order valence-corrected chi connectivity index (χ4v) is 3.59. The smallest absolute Gasteiger partial charge is 0.319 e. The standard InChI is InChI=1S/C24H31N5O3S/c1-29(2)15-7-6-14-25-24(30)26-20-12-10-19(11-13-20)23-28-27-22(32-23)18-33-17-16-31-21-8-4-3-5-9-21/h3-5,8-13H,6-7,14-18H2,1-2H3,(H2,25,26,30). The zero-order chi connectivity index (χ0) is 23.3. The molecule has 8 nitrogen and oxygen atoms in total. The molecule has 1 heterocycles. The molecule has 0 radical (unpaired) electrons. The molecule has 0 fully saturated rings. The van der Waals surface area contributed by atoms with Crippen LogP contribution in [-0.4, -0.2) is 60.7 Å². The van der Waals surface area contributed by atoms with Crippen molar-refractivity contribution in [2.75, 3.05) is 44.9 Å². The molecule has 0 saturated carbocycles. The van der Waals surface area contributed by atoms with Crippen molar-refractivity contribution in [1.29, 1.82) is 0 Å². The number of hydrogen-bond donors (Lipinski definition) is 2. The lowest BCUT2D eigenvalue weighted by Crippen LogP contribution is -2.29. The average molecular weight is 470 g/mol. The summed E-state index contributed by atoms with van der Waals surface area (Å²) in [6.07, 6.45) is 2.00. The van der Waals surface area contributed by atoms with E-state index < -0.39 is 0 Å². The molecular weight excluding hydrogens is 438 g/mol. The van der Waals surface area contributed by atoms with Gasteiger partial charge in [-0.3, -0.25) is 0 Å². The van der Waals surface area contributed by atoms with E-state index in [9.17, 15) is 4.79 Å². The van der Waals surface area contributed by atoms with Crippen LogP contribution in [0.4, 0.5) is 10.5 Å². The highest BCUT2D eigenvalue weighted by molar-refractivity contribution is 7.98. The van der Waals surface area contributed by atoms with Crippen LogP contribution >= 0.6 is 11.8 Å². The monoisotopic (exact) mass is 469 g/mol. The molecule has 0 aliphatic rings. The normalized spacial score (nSPS) is 10.9. The highest BCUT2D eigenvalue weighted by atomic mass is 32.2. The molecule has 33 heavy (non-hydrogen) atoms. The van der Waals surface area contributed by atoms with Gasteiger partial charge in [0.15, 0.2) is 0 Å². The molecule has 2 amide bonds. The molecule has 3 aromatic rings. The zero-order valence-electron chi connectivity index (χ0n) is 19.1. The minimum Gasteiger partial charge on any atom is -0.493 e. The number of ether oxygens (including phenoxy) is 1. The maximum absolute atomic E-state index is 12.0. The molecule has 2 aromatic carbocycles. The largest absolute Gasteiger partial charge is 0.493 e. The Hall–Kier alpha value is -3.04. The van der Waals surface area contributed by atoms with Crippen molar-refractivity contribution < 1.29 is 13.9 Å².